The van der Waals surface area contributed by atoms with E-state index in [0.717, 1.165) is 12.0 Å². The van der Waals surface area contributed by atoms with Gasteiger partial charge in [0, 0.05) is 11.6 Å². The maximum absolute atomic E-state index is 5.58. The van der Waals surface area contributed by atoms with Crippen LogP contribution in [0.1, 0.15) is 52.1 Å². The van der Waals surface area contributed by atoms with Gasteiger partial charge in [-0.2, -0.15) is 0 Å². The smallest absolute Gasteiger partial charge is 0.0950 e. The third kappa shape index (κ3) is 4.37. The summed E-state index contributed by atoms with van der Waals surface area (Å²) >= 11 is 0. The largest absolute Gasteiger partial charge is 0.472 e. The molecule has 92 valence electrons. The number of hydrazine groups is 1. The number of rotatable bonds is 5. The van der Waals surface area contributed by atoms with Crippen molar-refractivity contribution in [3.05, 3.63) is 24.2 Å². The number of nitrogens with one attached hydrogen (secondary N) is 1. The van der Waals surface area contributed by atoms with Gasteiger partial charge in [0.2, 0.25) is 0 Å². The fourth-order valence-electron chi connectivity index (χ4n) is 2.30. The zero-order chi connectivity index (χ0) is 12.2. The van der Waals surface area contributed by atoms with Gasteiger partial charge in [-0.3, -0.25) is 11.3 Å². The second-order valence-corrected chi connectivity index (χ2v) is 5.88. The highest BCUT2D eigenvalue weighted by Gasteiger charge is 2.19. The molecule has 0 aliphatic carbocycles. The van der Waals surface area contributed by atoms with E-state index in [2.05, 4.69) is 33.1 Å². The molecule has 0 saturated heterocycles. The maximum Gasteiger partial charge on any atom is 0.0950 e. The number of hydrogen-bond donors (Lipinski definition) is 2. The second kappa shape index (κ2) is 5.51. The molecule has 0 saturated carbocycles. The molecule has 1 heterocycles. The first-order valence-electron chi connectivity index (χ1n) is 5.90. The van der Waals surface area contributed by atoms with Crippen LogP contribution in [-0.2, 0) is 0 Å². The van der Waals surface area contributed by atoms with Gasteiger partial charge in [-0.1, -0.05) is 27.7 Å². The Kier molecular flexibility index (Phi) is 4.56. The molecule has 3 heteroatoms. The average Bonchev–Trinajstić information content (AvgIpc) is 2.63. The van der Waals surface area contributed by atoms with Gasteiger partial charge in [-0.05, 0) is 30.2 Å². The average molecular weight is 224 g/mol. The quantitative estimate of drug-likeness (QED) is 0.596. The highest BCUT2D eigenvalue weighted by molar-refractivity contribution is 5.11. The zero-order valence-corrected chi connectivity index (χ0v) is 10.8. The lowest BCUT2D eigenvalue weighted by molar-refractivity contribution is 0.276. The molecule has 0 radical (unpaired) electrons. The minimum Gasteiger partial charge on any atom is -0.472 e. The Hall–Kier alpha value is -0.800. The summed E-state index contributed by atoms with van der Waals surface area (Å²) in [7, 11) is 0. The van der Waals surface area contributed by atoms with E-state index in [4.69, 9.17) is 10.3 Å². The number of hydrogen-bond acceptors (Lipinski definition) is 3. The fourth-order valence-corrected chi connectivity index (χ4v) is 2.30. The van der Waals surface area contributed by atoms with Crippen molar-refractivity contribution in [2.24, 2.45) is 17.2 Å². The Morgan fingerprint density at radius 2 is 2.12 bits per heavy atom. The molecule has 0 aromatic carbocycles. The normalized spacial score (nSPS) is 16.1. The molecule has 0 bridgehead atoms. The summed E-state index contributed by atoms with van der Waals surface area (Å²) in [5.74, 6) is 6.22. The molecule has 0 amide bonds. The summed E-state index contributed by atoms with van der Waals surface area (Å²) in [6.07, 6.45) is 5.68. The van der Waals surface area contributed by atoms with E-state index in [9.17, 15) is 0 Å². The first kappa shape index (κ1) is 13.3. The van der Waals surface area contributed by atoms with Crippen molar-refractivity contribution in [1.82, 2.24) is 5.43 Å². The lowest BCUT2D eigenvalue weighted by Gasteiger charge is -2.26. The Morgan fingerprint density at radius 3 is 2.56 bits per heavy atom. The van der Waals surface area contributed by atoms with Crippen molar-refractivity contribution < 1.29 is 4.42 Å². The first-order valence-corrected chi connectivity index (χ1v) is 5.90. The first-order chi connectivity index (χ1) is 7.42. The molecule has 1 rings (SSSR count). The second-order valence-electron chi connectivity index (χ2n) is 5.88. The van der Waals surface area contributed by atoms with Crippen LogP contribution in [0.5, 0.6) is 0 Å². The van der Waals surface area contributed by atoms with Crippen LogP contribution in [0.2, 0.25) is 0 Å². The predicted octanol–water partition coefficient (Wildman–Crippen LogP) is 3.25. The van der Waals surface area contributed by atoms with Gasteiger partial charge in [0.15, 0.2) is 0 Å². The van der Waals surface area contributed by atoms with Crippen molar-refractivity contribution in [3.8, 4) is 0 Å². The lowest BCUT2D eigenvalue weighted by Crippen LogP contribution is -2.29. The highest BCUT2D eigenvalue weighted by Crippen LogP contribution is 2.30. The lowest BCUT2D eigenvalue weighted by atomic mass is 9.82. The standard InChI is InChI=1S/C13H24N2O/c1-10(8-13(2,3)4)7-12(15-14)11-5-6-16-9-11/h5-6,9-10,12,15H,7-8,14H2,1-4H3. The molecular formula is C13H24N2O. The molecule has 0 fully saturated rings. The van der Waals surface area contributed by atoms with Gasteiger partial charge in [0.25, 0.3) is 0 Å². The van der Waals surface area contributed by atoms with Crippen LogP contribution < -0.4 is 11.3 Å². The monoisotopic (exact) mass is 224 g/mol. The van der Waals surface area contributed by atoms with Gasteiger partial charge < -0.3 is 4.42 Å². The van der Waals surface area contributed by atoms with E-state index in [0.29, 0.717) is 11.3 Å². The van der Waals surface area contributed by atoms with Crippen LogP contribution in [0.4, 0.5) is 0 Å². The van der Waals surface area contributed by atoms with E-state index in [1.54, 1.807) is 12.5 Å². The van der Waals surface area contributed by atoms with Crippen LogP contribution in [-0.4, -0.2) is 0 Å². The molecule has 3 nitrogen and oxygen atoms in total. The van der Waals surface area contributed by atoms with E-state index in [-0.39, 0.29) is 6.04 Å². The Morgan fingerprint density at radius 1 is 1.44 bits per heavy atom. The van der Waals surface area contributed by atoms with Crippen LogP contribution in [0.3, 0.4) is 0 Å². The minimum atomic E-state index is 0.191. The zero-order valence-electron chi connectivity index (χ0n) is 10.8. The van der Waals surface area contributed by atoms with Crippen molar-refractivity contribution >= 4 is 0 Å². The Bertz CT molecular complexity index is 287. The highest BCUT2D eigenvalue weighted by atomic mass is 16.3. The Labute approximate surface area is 98.4 Å². The topological polar surface area (TPSA) is 51.2 Å². The molecule has 2 unspecified atom stereocenters. The Balaban J connectivity index is 2.51. The van der Waals surface area contributed by atoms with Crippen molar-refractivity contribution in [3.63, 3.8) is 0 Å². The van der Waals surface area contributed by atoms with Gasteiger partial charge in [-0.25, -0.2) is 0 Å². The van der Waals surface area contributed by atoms with Crippen molar-refractivity contribution in [2.45, 2.75) is 46.6 Å². The third-order valence-corrected chi connectivity index (χ3v) is 2.75. The number of furan rings is 1. The van der Waals surface area contributed by atoms with E-state index < -0.39 is 0 Å². The number of nitrogens with two attached hydrogens (primary N) is 1. The van der Waals surface area contributed by atoms with Gasteiger partial charge in [0.1, 0.15) is 0 Å². The summed E-state index contributed by atoms with van der Waals surface area (Å²) in [5, 5.41) is 0. The molecule has 1 aromatic rings. The van der Waals surface area contributed by atoms with Crippen LogP contribution >= 0.6 is 0 Å². The molecule has 0 spiro atoms. The molecule has 1 aromatic heterocycles. The molecule has 0 aliphatic heterocycles. The summed E-state index contributed by atoms with van der Waals surface area (Å²) < 4.78 is 5.08. The summed E-state index contributed by atoms with van der Waals surface area (Å²) in [6, 6.07) is 2.16. The molecule has 0 aliphatic rings. The third-order valence-electron chi connectivity index (χ3n) is 2.75. The summed E-state index contributed by atoms with van der Waals surface area (Å²) in [6.45, 7) is 9.08. The molecule has 2 atom stereocenters. The van der Waals surface area contributed by atoms with Gasteiger partial charge >= 0.3 is 0 Å². The minimum absolute atomic E-state index is 0.191. The summed E-state index contributed by atoms with van der Waals surface area (Å²) in [5.41, 5.74) is 4.36. The maximum atomic E-state index is 5.58. The molecule has 3 N–H and O–H groups in total. The van der Waals surface area contributed by atoms with E-state index >= 15 is 0 Å². The molecular weight excluding hydrogens is 200 g/mol. The van der Waals surface area contributed by atoms with Crippen molar-refractivity contribution in [2.75, 3.05) is 0 Å². The van der Waals surface area contributed by atoms with Crippen molar-refractivity contribution in [1.29, 1.82) is 0 Å². The van der Waals surface area contributed by atoms with E-state index in [1.165, 1.54) is 6.42 Å². The fraction of sp³-hybridized carbons (Fsp3) is 0.692. The molecule has 16 heavy (non-hydrogen) atoms. The van der Waals surface area contributed by atoms with Crippen LogP contribution in [0.25, 0.3) is 0 Å². The SMILES string of the molecule is CC(CC(NN)c1ccoc1)CC(C)(C)C. The van der Waals surface area contributed by atoms with Crippen LogP contribution in [0.15, 0.2) is 23.0 Å². The summed E-state index contributed by atoms with van der Waals surface area (Å²) in [4.78, 5) is 0. The van der Waals surface area contributed by atoms with Gasteiger partial charge in [0.05, 0.1) is 12.5 Å². The van der Waals surface area contributed by atoms with E-state index in [1.807, 2.05) is 6.07 Å². The predicted molar refractivity (Wildman–Crippen MR) is 66.6 cm³/mol. The van der Waals surface area contributed by atoms with Gasteiger partial charge in [-0.15, -0.1) is 0 Å². The van der Waals surface area contributed by atoms with Crippen LogP contribution in [0, 0.1) is 11.3 Å².